The van der Waals surface area contributed by atoms with Crippen LogP contribution in [0.2, 0.25) is 10.0 Å². The normalized spacial score (nSPS) is 17.9. The Balaban J connectivity index is 1.50. The number of hydrogen-bond donors (Lipinski definition) is 0. The molecule has 0 aliphatic carbocycles. The molecule has 0 bridgehead atoms. The van der Waals surface area contributed by atoms with Crippen LogP contribution in [0.5, 0.6) is 0 Å². The zero-order valence-electron chi connectivity index (χ0n) is 19.9. The highest BCUT2D eigenvalue weighted by atomic mass is 35.5. The predicted molar refractivity (Wildman–Crippen MR) is 147 cm³/mol. The van der Waals surface area contributed by atoms with Gasteiger partial charge in [-0.1, -0.05) is 59.6 Å². The average Bonchev–Trinajstić information content (AvgIpc) is 3.05. The van der Waals surface area contributed by atoms with Crippen molar-refractivity contribution in [3.63, 3.8) is 0 Å². The average molecular weight is 499 g/mol. The zero-order valence-corrected chi connectivity index (χ0v) is 21.4. The van der Waals surface area contributed by atoms with Crippen molar-refractivity contribution in [3.8, 4) is 0 Å². The van der Waals surface area contributed by atoms with Gasteiger partial charge in [0.1, 0.15) is 18.6 Å². The lowest BCUT2D eigenvalue weighted by Crippen LogP contribution is -2.26. The molecule has 0 aromatic heterocycles. The molecule has 0 fully saturated rings. The van der Waals surface area contributed by atoms with E-state index in [4.69, 9.17) is 27.9 Å². The van der Waals surface area contributed by atoms with Gasteiger partial charge in [-0.2, -0.15) is 4.58 Å². The number of ether oxygens (including phenoxy) is 1. The number of rotatable bonds is 4. The van der Waals surface area contributed by atoms with E-state index in [0.29, 0.717) is 10.0 Å². The van der Waals surface area contributed by atoms with Crippen LogP contribution in [0.3, 0.4) is 0 Å². The molecule has 0 atom stereocenters. The van der Waals surface area contributed by atoms with Gasteiger partial charge in [0.2, 0.25) is 5.69 Å². The summed E-state index contributed by atoms with van der Waals surface area (Å²) in [6.45, 7) is 4.53. The third-order valence-corrected chi connectivity index (χ3v) is 7.08. The molecule has 2 aliphatic heterocycles. The molecule has 2 nitrogen and oxygen atoms in total. The Morgan fingerprint density at radius 2 is 1.43 bits per heavy atom. The molecule has 35 heavy (non-hydrogen) atoms. The standard InChI is InChI=1S/C31H26Cl2NO/c1-31(2)27-8-4-5-9-28(27)34(3)30(31)10-6-7-26-19-23(21-11-15-24(32)16-12-21)20-29(35-26)22-13-17-25(33)18-14-22/h4-20H,1-3H3/q+1/b10-6+,26-7+. The van der Waals surface area contributed by atoms with Gasteiger partial charge in [-0.25, -0.2) is 0 Å². The SMILES string of the molecule is C[N+]1=C(/C=C/C=C2\C=C(c3ccc(Cl)cc3)C=C(c3ccc(Cl)cc3)O2)C(C)(C)c2ccccc21. The lowest BCUT2D eigenvalue weighted by molar-refractivity contribution is -0.401. The van der Waals surface area contributed by atoms with Crippen LogP contribution in [0.15, 0.2) is 109 Å². The molecular weight excluding hydrogens is 473 g/mol. The summed E-state index contributed by atoms with van der Waals surface area (Å²) >= 11 is 12.2. The molecule has 2 aliphatic rings. The number of para-hydroxylation sites is 1. The summed E-state index contributed by atoms with van der Waals surface area (Å²) in [6.07, 6.45) is 10.4. The van der Waals surface area contributed by atoms with Crippen molar-refractivity contribution in [2.45, 2.75) is 19.3 Å². The van der Waals surface area contributed by atoms with Crippen molar-refractivity contribution in [2.75, 3.05) is 7.05 Å². The van der Waals surface area contributed by atoms with E-state index in [1.807, 2.05) is 60.7 Å². The number of allylic oxidation sites excluding steroid dienone is 6. The highest BCUT2D eigenvalue weighted by Gasteiger charge is 2.42. The van der Waals surface area contributed by atoms with E-state index < -0.39 is 0 Å². The number of nitrogens with zero attached hydrogens (tertiary/aromatic N) is 1. The van der Waals surface area contributed by atoms with Crippen molar-refractivity contribution < 1.29 is 9.31 Å². The van der Waals surface area contributed by atoms with E-state index in [9.17, 15) is 0 Å². The van der Waals surface area contributed by atoms with Crippen molar-refractivity contribution in [3.05, 3.63) is 136 Å². The Morgan fingerprint density at radius 1 is 0.800 bits per heavy atom. The number of benzene rings is 3. The van der Waals surface area contributed by atoms with Crippen LogP contribution in [0.25, 0.3) is 11.3 Å². The minimum Gasteiger partial charge on any atom is -0.457 e. The van der Waals surface area contributed by atoms with Gasteiger partial charge in [0.25, 0.3) is 0 Å². The molecule has 0 saturated carbocycles. The van der Waals surface area contributed by atoms with Crippen molar-refractivity contribution >= 4 is 45.9 Å². The smallest absolute Gasteiger partial charge is 0.209 e. The van der Waals surface area contributed by atoms with Crippen LogP contribution in [0, 0.1) is 0 Å². The van der Waals surface area contributed by atoms with Gasteiger partial charge in [-0.05, 0) is 79.6 Å². The first-order valence-electron chi connectivity index (χ1n) is 11.5. The molecule has 0 spiro atoms. The molecule has 174 valence electrons. The number of halogens is 2. The first kappa shape index (κ1) is 23.4. The summed E-state index contributed by atoms with van der Waals surface area (Å²) in [5.74, 6) is 1.53. The molecule has 2 heterocycles. The van der Waals surface area contributed by atoms with Gasteiger partial charge < -0.3 is 4.74 Å². The van der Waals surface area contributed by atoms with Gasteiger partial charge in [0.05, 0.1) is 5.41 Å². The van der Waals surface area contributed by atoms with Gasteiger partial charge in [0.15, 0.2) is 5.71 Å². The van der Waals surface area contributed by atoms with E-state index in [0.717, 1.165) is 28.2 Å². The van der Waals surface area contributed by atoms with Crippen LogP contribution in [0.1, 0.15) is 30.5 Å². The van der Waals surface area contributed by atoms with Crippen LogP contribution in [-0.4, -0.2) is 17.3 Å². The van der Waals surface area contributed by atoms with Gasteiger partial charge in [-0.3, -0.25) is 0 Å². The van der Waals surface area contributed by atoms with Crippen molar-refractivity contribution in [2.24, 2.45) is 0 Å². The molecule has 5 rings (SSSR count). The predicted octanol–water partition coefficient (Wildman–Crippen LogP) is 8.59. The molecule has 0 unspecified atom stereocenters. The summed E-state index contributed by atoms with van der Waals surface area (Å²) in [7, 11) is 2.12. The number of hydrogen-bond acceptors (Lipinski definition) is 1. The summed E-state index contributed by atoms with van der Waals surface area (Å²) in [4.78, 5) is 0. The van der Waals surface area contributed by atoms with Gasteiger partial charge in [-0.15, -0.1) is 0 Å². The molecule has 3 aromatic rings. The van der Waals surface area contributed by atoms with Gasteiger partial charge in [0, 0.05) is 33.3 Å². The maximum absolute atomic E-state index is 6.30. The second-order valence-corrected chi connectivity index (χ2v) is 10.1. The first-order chi connectivity index (χ1) is 16.8. The molecule has 4 heteroatoms. The summed E-state index contributed by atoms with van der Waals surface area (Å²) in [6, 6.07) is 24.1. The Labute approximate surface area is 216 Å². The molecule has 0 amide bonds. The Bertz CT molecular complexity index is 1440. The first-order valence-corrected chi connectivity index (χ1v) is 12.3. The minimum absolute atomic E-state index is 0.0769. The van der Waals surface area contributed by atoms with E-state index >= 15 is 0 Å². The molecule has 0 radical (unpaired) electrons. The van der Waals surface area contributed by atoms with Crippen LogP contribution in [-0.2, 0) is 10.2 Å². The second-order valence-electron chi connectivity index (χ2n) is 9.24. The van der Waals surface area contributed by atoms with Crippen LogP contribution in [0.4, 0.5) is 5.69 Å². The maximum atomic E-state index is 6.30. The Kier molecular flexibility index (Phi) is 6.27. The largest absolute Gasteiger partial charge is 0.457 e. The quantitative estimate of drug-likeness (QED) is 0.328. The molecule has 0 N–H and O–H groups in total. The monoisotopic (exact) mass is 498 g/mol. The van der Waals surface area contributed by atoms with E-state index in [1.54, 1.807) is 0 Å². The third-order valence-electron chi connectivity index (χ3n) is 6.57. The van der Waals surface area contributed by atoms with E-state index in [1.165, 1.54) is 17.0 Å². The highest BCUT2D eigenvalue weighted by Crippen LogP contribution is 2.39. The van der Waals surface area contributed by atoms with Gasteiger partial charge >= 0.3 is 0 Å². The fourth-order valence-corrected chi connectivity index (χ4v) is 4.96. The van der Waals surface area contributed by atoms with Crippen LogP contribution < -0.4 is 0 Å². The fraction of sp³-hybridized carbons (Fsp3) is 0.129. The van der Waals surface area contributed by atoms with E-state index in [2.05, 4.69) is 68.0 Å². The van der Waals surface area contributed by atoms with Crippen molar-refractivity contribution in [1.82, 2.24) is 0 Å². The second kappa shape index (κ2) is 9.37. The lowest BCUT2D eigenvalue weighted by Gasteiger charge is -2.18. The molecular formula is C31H26Cl2NO+. The van der Waals surface area contributed by atoms with Crippen LogP contribution >= 0.6 is 23.2 Å². The topological polar surface area (TPSA) is 12.2 Å². The summed E-state index contributed by atoms with van der Waals surface area (Å²) in [5, 5.41) is 1.40. The zero-order chi connectivity index (χ0) is 24.6. The maximum Gasteiger partial charge on any atom is 0.209 e. The fourth-order valence-electron chi connectivity index (χ4n) is 4.71. The number of fused-ring (bicyclic) bond motifs is 1. The molecule has 3 aromatic carbocycles. The highest BCUT2D eigenvalue weighted by molar-refractivity contribution is 6.30. The Hall–Kier alpha value is -3.33. The Morgan fingerprint density at radius 3 is 2.09 bits per heavy atom. The van der Waals surface area contributed by atoms with Crippen molar-refractivity contribution in [1.29, 1.82) is 0 Å². The molecule has 0 saturated heterocycles. The summed E-state index contributed by atoms with van der Waals surface area (Å²) < 4.78 is 8.56. The minimum atomic E-state index is -0.0769. The summed E-state index contributed by atoms with van der Waals surface area (Å²) in [5.41, 5.74) is 6.83. The third kappa shape index (κ3) is 4.65. The lowest BCUT2D eigenvalue weighted by atomic mass is 9.81. The van der Waals surface area contributed by atoms with E-state index in [-0.39, 0.29) is 5.41 Å².